The third-order valence-corrected chi connectivity index (χ3v) is 4.74. The molecular weight excluding hydrogens is 280 g/mol. The molecule has 0 radical (unpaired) electrons. The van der Waals surface area contributed by atoms with E-state index in [0.29, 0.717) is 18.8 Å². The summed E-state index contributed by atoms with van der Waals surface area (Å²) in [7, 11) is 3.88. The molecule has 0 aromatic carbocycles. The van der Waals surface area contributed by atoms with E-state index in [-0.39, 0.29) is 12.0 Å². The van der Waals surface area contributed by atoms with Crippen LogP contribution in [0.2, 0.25) is 0 Å². The molecule has 1 aliphatic carbocycles. The quantitative estimate of drug-likeness (QED) is 0.864. The average Bonchev–Trinajstić information content (AvgIpc) is 2.47. The molecular formula is C16H26N4O2. The van der Waals surface area contributed by atoms with Gasteiger partial charge in [0.2, 0.25) is 5.91 Å². The van der Waals surface area contributed by atoms with E-state index in [1.165, 1.54) is 0 Å². The summed E-state index contributed by atoms with van der Waals surface area (Å²) in [6, 6.07) is 3.68. The Kier molecular flexibility index (Phi) is 4.44. The lowest BCUT2D eigenvalue weighted by Gasteiger charge is -2.57. The molecule has 1 heterocycles. The van der Waals surface area contributed by atoms with Gasteiger partial charge in [0.05, 0.1) is 18.0 Å². The number of carbonyl (C=O) groups excluding carboxylic acids is 1. The number of carbonyl (C=O) groups is 1. The summed E-state index contributed by atoms with van der Waals surface area (Å²) in [6.45, 7) is 6.51. The van der Waals surface area contributed by atoms with Gasteiger partial charge in [-0.15, -0.1) is 0 Å². The van der Waals surface area contributed by atoms with E-state index in [2.05, 4.69) is 10.3 Å². The second kappa shape index (κ2) is 5.85. The van der Waals surface area contributed by atoms with Gasteiger partial charge in [-0.1, -0.05) is 13.8 Å². The Morgan fingerprint density at radius 2 is 2.18 bits per heavy atom. The normalized spacial score (nSPS) is 26.2. The molecule has 22 heavy (non-hydrogen) atoms. The van der Waals surface area contributed by atoms with Crippen LogP contribution in [-0.2, 0) is 9.53 Å². The Hall–Kier alpha value is -1.66. The van der Waals surface area contributed by atoms with Crippen molar-refractivity contribution in [2.24, 2.45) is 11.1 Å². The Labute approximate surface area is 132 Å². The zero-order chi connectivity index (χ0) is 16.5. The monoisotopic (exact) mass is 306 g/mol. The summed E-state index contributed by atoms with van der Waals surface area (Å²) in [5, 5.41) is 2.82. The van der Waals surface area contributed by atoms with E-state index in [1.54, 1.807) is 12.3 Å². The second-order valence-corrected chi connectivity index (χ2v) is 6.59. The molecule has 6 nitrogen and oxygen atoms in total. The number of amides is 1. The zero-order valence-corrected chi connectivity index (χ0v) is 14.0. The number of ether oxygens (including phenoxy) is 1. The first kappa shape index (κ1) is 16.7. The van der Waals surface area contributed by atoms with Crippen LogP contribution in [0.5, 0.6) is 0 Å². The smallest absolute Gasteiger partial charge is 0.246 e. The van der Waals surface area contributed by atoms with E-state index in [9.17, 15) is 4.79 Å². The standard InChI is InChI=1S/C16H26N4O2/c1-6-22-12-9-16(17,15(12,2)3)14(21)19-13-8-7-11(10-18-13)20(4)5/h7-8,10,12H,6,9,17H2,1-5H3,(H,18,19,21). The topological polar surface area (TPSA) is 80.5 Å². The lowest BCUT2D eigenvalue weighted by molar-refractivity contribution is -0.166. The number of hydrogen-bond donors (Lipinski definition) is 2. The average molecular weight is 306 g/mol. The molecule has 2 rings (SSSR count). The fourth-order valence-corrected chi connectivity index (χ4v) is 2.77. The Morgan fingerprint density at radius 3 is 2.64 bits per heavy atom. The molecule has 1 aromatic rings. The Morgan fingerprint density at radius 1 is 1.50 bits per heavy atom. The summed E-state index contributed by atoms with van der Waals surface area (Å²) in [5.41, 5.74) is 5.97. The zero-order valence-electron chi connectivity index (χ0n) is 14.0. The number of nitrogens with zero attached hydrogens (tertiary/aromatic N) is 2. The largest absolute Gasteiger partial charge is 0.378 e. The highest BCUT2D eigenvalue weighted by atomic mass is 16.5. The van der Waals surface area contributed by atoms with Crippen LogP contribution in [0.25, 0.3) is 0 Å². The number of nitrogens with two attached hydrogens (primary N) is 1. The maximum absolute atomic E-state index is 12.6. The first-order valence-electron chi connectivity index (χ1n) is 7.57. The van der Waals surface area contributed by atoms with E-state index in [1.807, 2.05) is 45.8 Å². The molecule has 2 atom stereocenters. The van der Waals surface area contributed by atoms with Gasteiger partial charge < -0.3 is 20.7 Å². The van der Waals surface area contributed by atoms with Gasteiger partial charge in [0.25, 0.3) is 0 Å². The van der Waals surface area contributed by atoms with Crippen molar-refractivity contribution in [2.75, 3.05) is 30.9 Å². The van der Waals surface area contributed by atoms with Gasteiger partial charge in [-0.05, 0) is 19.1 Å². The minimum atomic E-state index is -0.936. The summed E-state index contributed by atoms with van der Waals surface area (Å²) in [6.07, 6.45) is 2.25. The third-order valence-electron chi connectivity index (χ3n) is 4.74. The summed E-state index contributed by atoms with van der Waals surface area (Å²) in [4.78, 5) is 18.8. The number of rotatable bonds is 5. The van der Waals surface area contributed by atoms with E-state index in [4.69, 9.17) is 10.5 Å². The minimum Gasteiger partial charge on any atom is -0.378 e. The van der Waals surface area contributed by atoms with Crippen LogP contribution in [0.4, 0.5) is 11.5 Å². The molecule has 0 saturated heterocycles. The van der Waals surface area contributed by atoms with Crippen molar-refractivity contribution in [1.82, 2.24) is 4.98 Å². The van der Waals surface area contributed by atoms with Crippen molar-refractivity contribution in [3.05, 3.63) is 18.3 Å². The maximum atomic E-state index is 12.6. The number of anilines is 2. The van der Waals surface area contributed by atoms with Crippen LogP contribution in [0.15, 0.2) is 18.3 Å². The molecule has 0 spiro atoms. The van der Waals surface area contributed by atoms with Crippen LogP contribution < -0.4 is 16.0 Å². The van der Waals surface area contributed by atoms with Crippen LogP contribution >= 0.6 is 0 Å². The maximum Gasteiger partial charge on any atom is 0.246 e. The molecule has 0 aliphatic heterocycles. The van der Waals surface area contributed by atoms with Crippen LogP contribution in [0.3, 0.4) is 0 Å². The van der Waals surface area contributed by atoms with E-state index >= 15 is 0 Å². The highest BCUT2D eigenvalue weighted by Crippen LogP contribution is 2.50. The van der Waals surface area contributed by atoms with Crippen molar-refractivity contribution in [1.29, 1.82) is 0 Å². The molecule has 1 amide bonds. The van der Waals surface area contributed by atoms with Gasteiger partial charge >= 0.3 is 0 Å². The van der Waals surface area contributed by atoms with Gasteiger partial charge in [0.1, 0.15) is 11.4 Å². The third kappa shape index (κ3) is 2.68. The molecule has 1 saturated carbocycles. The lowest BCUT2D eigenvalue weighted by atomic mass is 9.54. The van der Waals surface area contributed by atoms with Crippen molar-refractivity contribution in [3.8, 4) is 0 Å². The molecule has 6 heteroatoms. The minimum absolute atomic E-state index is 0.0114. The SMILES string of the molecule is CCOC1CC(N)(C(=O)Nc2ccc(N(C)C)cn2)C1(C)C. The van der Waals surface area contributed by atoms with Crippen LogP contribution in [0.1, 0.15) is 27.2 Å². The first-order chi connectivity index (χ1) is 10.2. The molecule has 1 aliphatic rings. The summed E-state index contributed by atoms with van der Waals surface area (Å²) >= 11 is 0. The van der Waals surface area contributed by atoms with Crippen LogP contribution in [-0.4, -0.2) is 43.2 Å². The van der Waals surface area contributed by atoms with Gasteiger partial charge in [-0.3, -0.25) is 4.79 Å². The Bertz CT molecular complexity index is 542. The fourth-order valence-electron chi connectivity index (χ4n) is 2.77. The van der Waals surface area contributed by atoms with Crippen molar-refractivity contribution in [3.63, 3.8) is 0 Å². The fraction of sp³-hybridized carbons (Fsp3) is 0.625. The summed E-state index contributed by atoms with van der Waals surface area (Å²) in [5.74, 6) is 0.301. The predicted octanol–water partition coefficient (Wildman–Crippen LogP) is 1.62. The first-order valence-corrected chi connectivity index (χ1v) is 7.57. The highest BCUT2D eigenvalue weighted by Gasteiger charge is 2.62. The van der Waals surface area contributed by atoms with E-state index in [0.717, 1.165) is 5.69 Å². The molecule has 2 unspecified atom stereocenters. The van der Waals surface area contributed by atoms with Crippen molar-refractivity contribution >= 4 is 17.4 Å². The summed E-state index contributed by atoms with van der Waals surface area (Å²) < 4.78 is 5.65. The van der Waals surface area contributed by atoms with Gasteiger partial charge in [0, 0.05) is 32.5 Å². The number of hydrogen-bond acceptors (Lipinski definition) is 5. The molecule has 1 aromatic heterocycles. The molecule has 0 bridgehead atoms. The van der Waals surface area contributed by atoms with Gasteiger partial charge in [-0.25, -0.2) is 4.98 Å². The van der Waals surface area contributed by atoms with Crippen LogP contribution in [0, 0.1) is 5.41 Å². The van der Waals surface area contributed by atoms with Crippen molar-refractivity contribution in [2.45, 2.75) is 38.8 Å². The molecule has 3 N–H and O–H groups in total. The molecule has 122 valence electrons. The number of nitrogens with one attached hydrogen (secondary N) is 1. The molecule has 1 fully saturated rings. The van der Waals surface area contributed by atoms with Crippen molar-refractivity contribution < 1.29 is 9.53 Å². The van der Waals surface area contributed by atoms with Gasteiger partial charge in [0.15, 0.2) is 0 Å². The second-order valence-electron chi connectivity index (χ2n) is 6.59. The Balaban J connectivity index is 2.06. The lowest BCUT2D eigenvalue weighted by Crippen LogP contribution is -2.74. The number of pyridine rings is 1. The van der Waals surface area contributed by atoms with E-state index < -0.39 is 11.0 Å². The van der Waals surface area contributed by atoms with Gasteiger partial charge in [-0.2, -0.15) is 0 Å². The predicted molar refractivity (Wildman–Crippen MR) is 87.9 cm³/mol. The number of aromatic nitrogens is 1. The highest BCUT2D eigenvalue weighted by molar-refractivity contribution is 5.99.